The molecular formula is C9H19N3O2. The molecule has 0 heterocycles. The molecule has 0 amide bonds. The Morgan fingerprint density at radius 1 is 1.36 bits per heavy atom. The summed E-state index contributed by atoms with van der Waals surface area (Å²) in [6, 6.07) is 0.164. The fourth-order valence-corrected chi connectivity index (χ4v) is 0.747. The van der Waals surface area contributed by atoms with Crippen molar-refractivity contribution >= 4 is 6.08 Å². The first-order valence-electron chi connectivity index (χ1n) is 4.85. The van der Waals surface area contributed by atoms with Gasteiger partial charge in [-0.25, -0.2) is 0 Å². The number of rotatable bonds is 4. The summed E-state index contributed by atoms with van der Waals surface area (Å²) in [7, 11) is 0. The SMILES string of the molecule is CCO/C([O-])=N/[N+](=NC(C)C)C(C)C. The number of azo groups is 1. The molecule has 5 heteroatoms. The van der Waals surface area contributed by atoms with Gasteiger partial charge in [0.25, 0.3) is 0 Å². The summed E-state index contributed by atoms with van der Waals surface area (Å²) in [5.41, 5.74) is 0. The van der Waals surface area contributed by atoms with E-state index >= 15 is 0 Å². The molecule has 14 heavy (non-hydrogen) atoms. The summed E-state index contributed by atoms with van der Waals surface area (Å²) in [6.07, 6.45) is -0.592. The number of nitrogens with zero attached hydrogens (tertiary/aromatic N) is 3. The second-order valence-corrected chi connectivity index (χ2v) is 3.42. The Morgan fingerprint density at radius 3 is 2.29 bits per heavy atom. The summed E-state index contributed by atoms with van der Waals surface area (Å²) in [5, 5.41) is 18.9. The molecule has 0 aromatic rings. The van der Waals surface area contributed by atoms with Gasteiger partial charge in [0, 0.05) is 23.8 Å². The van der Waals surface area contributed by atoms with Crippen molar-refractivity contribution in [3.05, 3.63) is 0 Å². The van der Waals surface area contributed by atoms with E-state index in [1.807, 2.05) is 27.7 Å². The Morgan fingerprint density at radius 2 is 1.93 bits per heavy atom. The highest BCUT2D eigenvalue weighted by Gasteiger charge is 2.12. The number of ether oxygens (including phenoxy) is 1. The van der Waals surface area contributed by atoms with Gasteiger partial charge in [-0.3, -0.25) is 0 Å². The minimum Gasteiger partial charge on any atom is -0.596 e. The maximum atomic E-state index is 11.0. The van der Waals surface area contributed by atoms with Gasteiger partial charge in [0.2, 0.25) is 12.1 Å². The predicted molar refractivity (Wildman–Crippen MR) is 52.0 cm³/mol. The van der Waals surface area contributed by atoms with Crippen LogP contribution < -0.4 is 5.11 Å². The fourth-order valence-electron chi connectivity index (χ4n) is 0.747. The predicted octanol–water partition coefficient (Wildman–Crippen LogP) is 0.936. The highest BCUT2D eigenvalue weighted by Crippen LogP contribution is 1.96. The van der Waals surface area contributed by atoms with Gasteiger partial charge in [-0.05, 0) is 25.6 Å². The zero-order chi connectivity index (χ0) is 11.1. The van der Waals surface area contributed by atoms with E-state index in [2.05, 4.69) is 10.2 Å². The molecule has 0 radical (unpaired) electrons. The maximum absolute atomic E-state index is 11.0. The normalized spacial score (nSPS) is 13.9. The van der Waals surface area contributed by atoms with Crippen LogP contribution in [0, 0.1) is 0 Å². The molecule has 0 aromatic heterocycles. The zero-order valence-corrected chi connectivity index (χ0v) is 9.52. The monoisotopic (exact) mass is 201 g/mol. The quantitative estimate of drug-likeness (QED) is 0.223. The van der Waals surface area contributed by atoms with Crippen LogP contribution in [0.1, 0.15) is 34.6 Å². The van der Waals surface area contributed by atoms with Crippen LogP contribution in [0.15, 0.2) is 10.2 Å². The summed E-state index contributed by atoms with van der Waals surface area (Å²) < 4.78 is 4.70. The third kappa shape index (κ3) is 5.50. The second kappa shape index (κ2) is 6.34. The van der Waals surface area contributed by atoms with E-state index in [-0.39, 0.29) is 12.1 Å². The van der Waals surface area contributed by atoms with E-state index in [9.17, 15) is 5.11 Å². The molecular weight excluding hydrogens is 182 g/mol. The fraction of sp³-hybridized carbons (Fsp3) is 0.889. The first-order valence-corrected chi connectivity index (χ1v) is 4.85. The Kier molecular flexibility index (Phi) is 5.83. The van der Waals surface area contributed by atoms with Crippen LogP contribution >= 0.6 is 0 Å². The van der Waals surface area contributed by atoms with Crippen LogP contribution in [0.4, 0.5) is 0 Å². The summed E-state index contributed by atoms with van der Waals surface area (Å²) in [4.78, 5) is 1.39. The number of hydrogen-bond acceptors (Lipinski definition) is 3. The molecule has 0 aliphatic carbocycles. The van der Waals surface area contributed by atoms with Crippen molar-refractivity contribution in [2.45, 2.75) is 46.7 Å². The van der Waals surface area contributed by atoms with Gasteiger partial charge in [-0.1, -0.05) is 6.92 Å². The smallest absolute Gasteiger partial charge is 0.224 e. The molecule has 0 N–H and O–H groups in total. The van der Waals surface area contributed by atoms with Gasteiger partial charge < -0.3 is 9.84 Å². The van der Waals surface area contributed by atoms with E-state index < -0.39 is 6.08 Å². The lowest BCUT2D eigenvalue weighted by molar-refractivity contribution is -0.634. The van der Waals surface area contributed by atoms with Gasteiger partial charge in [-0.15, -0.1) is 0 Å². The van der Waals surface area contributed by atoms with Crippen LogP contribution in [0.2, 0.25) is 0 Å². The first-order chi connectivity index (χ1) is 6.47. The minimum atomic E-state index is -0.592. The van der Waals surface area contributed by atoms with Gasteiger partial charge in [0.1, 0.15) is 6.04 Å². The molecule has 0 aromatic carbocycles. The Balaban J connectivity index is 4.60. The largest absolute Gasteiger partial charge is 0.596 e. The van der Waals surface area contributed by atoms with Crippen molar-refractivity contribution in [1.29, 1.82) is 0 Å². The minimum absolute atomic E-state index is 0.0572. The van der Waals surface area contributed by atoms with Gasteiger partial charge in [-0.2, -0.15) is 0 Å². The molecule has 0 aliphatic heterocycles. The standard InChI is InChI=1S/C9H19N3O2/c1-6-14-9(13)11-12(8(4)5)10-7(2)3/h7-8H,6H2,1-5H3. The van der Waals surface area contributed by atoms with Crippen LogP contribution in [-0.4, -0.2) is 29.6 Å². The third-order valence-corrected chi connectivity index (χ3v) is 1.26. The van der Waals surface area contributed by atoms with Crippen molar-refractivity contribution in [2.75, 3.05) is 6.61 Å². The summed E-state index contributed by atoms with van der Waals surface area (Å²) >= 11 is 0. The summed E-state index contributed by atoms with van der Waals surface area (Å²) in [5.74, 6) is 0. The van der Waals surface area contributed by atoms with Crippen molar-refractivity contribution in [1.82, 2.24) is 0 Å². The molecule has 0 bridgehead atoms. The second-order valence-electron chi connectivity index (χ2n) is 3.42. The highest BCUT2D eigenvalue weighted by atomic mass is 16.6. The third-order valence-electron chi connectivity index (χ3n) is 1.26. The molecule has 0 saturated heterocycles. The van der Waals surface area contributed by atoms with E-state index in [4.69, 9.17) is 4.74 Å². The van der Waals surface area contributed by atoms with Crippen LogP contribution in [0.25, 0.3) is 0 Å². The van der Waals surface area contributed by atoms with Crippen molar-refractivity contribution in [3.8, 4) is 0 Å². The van der Waals surface area contributed by atoms with E-state index in [1.165, 1.54) is 4.81 Å². The zero-order valence-electron chi connectivity index (χ0n) is 9.52. The lowest BCUT2D eigenvalue weighted by atomic mass is 10.4. The van der Waals surface area contributed by atoms with Gasteiger partial charge >= 0.3 is 0 Å². The van der Waals surface area contributed by atoms with Crippen molar-refractivity contribution in [2.24, 2.45) is 10.2 Å². The molecule has 0 fully saturated rings. The Bertz CT molecular complexity index is 222. The molecule has 5 nitrogen and oxygen atoms in total. The van der Waals surface area contributed by atoms with E-state index in [0.29, 0.717) is 6.61 Å². The highest BCUT2D eigenvalue weighted by molar-refractivity contribution is 5.60. The maximum Gasteiger partial charge on any atom is 0.224 e. The number of hydrogen-bond donors (Lipinski definition) is 0. The molecule has 0 spiro atoms. The average Bonchev–Trinajstić information content (AvgIpc) is 2.02. The number of hydrazone groups is 1. The molecule has 0 atom stereocenters. The average molecular weight is 201 g/mol. The van der Waals surface area contributed by atoms with Gasteiger partial charge in [0.15, 0.2) is 0 Å². The Hall–Kier alpha value is -1.13. The molecule has 82 valence electrons. The van der Waals surface area contributed by atoms with E-state index in [0.717, 1.165) is 0 Å². The molecule has 0 rings (SSSR count). The summed E-state index contributed by atoms with van der Waals surface area (Å²) in [6.45, 7) is 9.75. The molecule has 0 saturated carbocycles. The van der Waals surface area contributed by atoms with Crippen LogP contribution in [-0.2, 0) is 4.74 Å². The van der Waals surface area contributed by atoms with Crippen molar-refractivity contribution in [3.63, 3.8) is 0 Å². The van der Waals surface area contributed by atoms with E-state index in [1.54, 1.807) is 6.92 Å². The first kappa shape index (κ1) is 12.9. The lowest BCUT2D eigenvalue weighted by Gasteiger charge is -2.08. The van der Waals surface area contributed by atoms with Crippen LogP contribution in [0.3, 0.4) is 0 Å². The Labute approximate surface area is 85.1 Å². The van der Waals surface area contributed by atoms with Crippen molar-refractivity contribution < 1.29 is 14.6 Å². The van der Waals surface area contributed by atoms with Gasteiger partial charge in [0.05, 0.1) is 0 Å². The topological polar surface area (TPSA) is 60.0 Å². The lowest BCUT2D eigenvalue weighted by Crippen LogP contribution is -2.26. The molecule has 0 unspecified atom stereocenters. The molecule has 0 aliphatic rings. The van der Waals surface area contributed by atoms with Crippen LogP contribution in [0.5, 0.6) is 0 Å².